The summed E-state index contributed by atoms with van der Waals surface area (Å²) in [5, 5.41) is 3.28. The van der Waals surface area contributed by atoms with Crippen molar-refractivity contribution in [1.82, 2.24) is 29.1 Å². The van der Waals surface area contributed by atoms with E-state index in [9.17, 15) is 9.59 Å². The average molecular weight is 434 g/mol. The van der Waals surface area contributed by atoms with Crippen LogP contribution in [0.1, 0.15) is 32.4 Å². The average Bonchev–Trinajstić information content (AvgIpc) is 3.26. The molecular formula is C23H27N7O2. The Kier molecular flexibility index (Phi) is 6.44. The molecular weight excluding hydrogens is 406 g/mol. The molecule has 0 fully saturated rings. The van der Waals surface area contributed by atoms with E-state index in [1.165, 1.54) is 4.57 Å². The van der Waals surface area contributed by atoms with E-state index in [1.54, 1.807) is 17.0 Å². The first-order valence-corrected chi connectivity index (χ1v) is 11.0. The molecule has 9 heteroatoms. The zero-order chi connectivity index (χ0) is 22.5. The minimum atomic E-state index is -0.335. The fourth-order valence-corrected chi connectivity index (χ4v) is 3.65. The summed E-state index contributed by atoms with van der Waals surface area (Å²) in [6, 6.07) is 9.62. The van der Waals surface area contributed by atoms with Gasteiger partial charge in [-0.2, -0.15) is 0 Å². The Morgan fingerprint density at radius 3 is 2.50 bits per heavy atom. The third-order valence-electron chi connectivity index (χ3n) is 5.21. The van der Waals surface area contributed by atoms with Gasteiger partial charge in [0.2, 0.25) is 0 Å². The van der Waals surface area contributed by atoms with Crippen molar-refractivity contribution >= 4 is 17.0 Å². The van der Waals surface area contributed by atoms with Crippen LogP contribution in [0, 0.1) is 0 Å². The number of nitrogens with one attached hydrogen (secondary N) is 2. The second kappa shape index (κ2) is 9.59. The topological polar surface area (TPSA) is 110 Å². The summed E-state index contributed by atoms with van der Waals surface area (Å²) in [6.07, 6.45) is 5.75. The van der Waals surface area contributed by atoms with Crippen molar-refractivity contribution in [3.05, 3.63) is 69.3 Å². The lowest BCUT2D eigenvalue weighted by atomic mass is 10.2. The Morgan fingerprint density at radius 2 is 1.81 bits per heavy atom. The van der Waals surface area contributed by atoms with E-state index >= 15 is 0 Å². The van der Waals surface area contributed by atoms with Crippen LogP contribution in [0.25, 0.3) is 22.6 Å². The van der Waals surface area contributed by atoms with Gasteiger partial charge in [0.05, 0.1) is 0 Å². The quantitative estimate of drug-likeness (QED) is 0.420. The summed E-state index contributed by atoms with van der Waals surface area (Å²) in [5.41, 5.74) is 1.86. The lowest BCUT2D eigenvalue weighted by molar-refractivity contribution is 0.555. The number of imidazole rings is 1. The number of aryl methyl sites for hydroxylation is 1. The molecule has 4 rings (SSSR count). The predicted molar refractivity (Wildman–Crippen MR) is 125 cm³/mol. The van der Waals surface area contributed by atoms with Crippen molar-refractivity contribution in [2.75, 3.05) is 11.9 Å². The Balaban J connectivity index is 1.59. The number of hydrogen-bond acceptors (Lipinski definition) is 6. The molecule has 0 aliphatic carbocycles. The summed E-state index contributed by atoms with van der Waals surface area (Å²) in [6.45, 7) is 5.53. The number of fused-ring (bicyclic) bond motifs is 1. The van der Waals surface area contributed by atoms with Crippen molar-refractivity contribution in [3.63, 3.8) is 0 Å². The molecule has 32 heavy (non-hydrogen) atoms. The van der Waals surface area contributed by atoms with Crippen molar-refractivity contribution in [2.24, 2.45) is 0 Å². The van der Waals surface area contributed by atoms with Gasteiger partial charge in [-0.05, 0) is 37.1 Å². The fourth-order valence-electron chi connectivity index (χ4n) is 3.65. The molecule has 0 aliphatic rings. The van der Waals surface area contributed by atoms with Crippen molar-refractivity contribution < 1.29 is 0 Å². The second-order valence-corrected chi connectivity index (χ2v) is 7.60. The molecule has 0 amide bonds. The van der Waals surface area contributed by atoms with Gasteiger partial charge in [-0.3, -0.25) is 18.9 Å². The van der Waals surface area contributed by atoms with Crippen LogP contribution in [0.15, 0.2) is 52.3 Å². The fraction of sp³-hybridized carbons (Fsp3) is 0.348. The molecule has 0 spiro atoms. The van der Waals surface area contributed by atoms with E-state index in [2.05, 4.69) is 25.3 Å². The lowest BCUT2D eigenvalue weighted by Crippen LogP contribution is -2.40. The predicted octanol–water partition coefficient (Wildman–Crippen LogP) is 2.82. The van der Waals surface area contributed by atoms with Crippen molar-refractivity contribution in [3.8, 4) is 11.4 Å². The van der Waals surface area contributed by atoms with E-state index < -0.39 is 0 Å². The van der Waals surface area contributed by atoms with Crippen LogP contribution in [0.5, 0.6) is 0 Å². The van der Waals surface area contributed by atoms with Gasteiger partial charge in [0, 0.05) is 49.7 Å². The Hall–Kier alpha value is -3.75. The highest BCUT2D eigenvalue weighted by molar-refractivity contribution is 5.75. The number of rotatable bonds is 9. The normalized spacial score (nSPS) is 11.2. The van der Waals surface area contributed by atoms with Gasteiger partial charge >= 0.3 is 5.69 Å². The van der Waals surface area contributed by atoms with Gasteiger partial charge in [-0.25, -0.2) is 14.8 Å². The first kappa shape index (κ1) is 21.5. The highest BCUT2D eigenvalue weighted by atomic mass is 16.2. The monoisotopic (exact) mass is 433 g/mol. The maximum atomic E-state index is 12.9. The van der Waals surface area contributed by atoms with Gasteiger partial charge in [-0.15, -0.1) is 0 Å². The van der Waals surface area contributed by atoms with Crippen molar-refractivity contribution in [1.29, 1.82) is 0 Å². The zero-order valence-electron chi connectivity index (χ0n) is 18.3. The number of hydrogen-bond donors (Lipinski definition) is 2. The maximum Gasteiger partial charge on any atom is 0.332 e. The van der Waals surface area contributed by atoms with Crippen LogP contribution < -0.4 is 16.6 Å². The molecule has 0 aromatic carbocycles. The van der Waals surface area contributed by atoms with Crippen LogP contribution >= 0.6 is 0 Å². The number of aromatic nitrogens is 6. The van der Waals surface area contributed by atoms with E-state index in [4.69, 9.17) is 0 Å². The highest BCUT2D eigenvalue weighted by Gasteiger charge is 2.17. The summed E-state index contributed by atoms with van der Waals surface area (Å²) in [5.74, 6) is 1.26. The van der Waals surface area contributed by atoms with Crippen molar-refractivity contribution in [2.45, 2.75) is 46.2 Å². The summed E-state index contributed by atoms with van der Waals surface area (Å²) >= 11 is 0. The minimum absolute atomic E-state index is 0.310. The van der Waals surface area contributed by atoms with Crippen LogP contribution in [0.2, 0.25) is 0 Å². The van der Waals surface area contributed by atoms with Crippen LogP contribution in [0.3, 0.4) is 0 Å². The van der Waals surface area contributed by atoms with E-state index in [0.717, 1.165) is 29.9 Å². The number of aromatic amines is 1. The lowest BCUT2D eigenvalue weighted by Gasteiger charge is -2.09. The summed E-state index contributed by atoms with van der Waals surface area (Å²) in [7, 11) is 0. The molecule has 166 valence electrons. The van der Waals surface area contributed by atoms with E-state index in [1.807, 2.05) is 44.2 Å². The third-order valence-corrected chi connectivity index (χ3v) is 5.21. The first-order chi connectivity index (χ1) is 15.6. The highest BCUT2D eigenvalue weighted by Crippen LogP contribution is 2.19. The molecule has 0 bridgehead atoms. The number of anilines is 1. The smallest absolute Gasteiger partial charge is 0.332 e. The Morgan fingerprint density at radius 1 is 1.00 bits per heavy atom. The Bertz CT molecular complexity index is 1300. The molecule has 0 aliphatic heterocycles. The molecule has 0 saturated carbocycles. The van der Waals surface area contributed by atoms with Gasteiger partial charge in [0.25, 0.3) is 5.56 Å². The molecule has 0 unspecified atom stereocenters. The minimum Gasteiger partial charge on any atom is -0.370 e. The molecule has 4 aromatic heterocycles. The summed E-state index contributed by atoms with van der Waals surface area (Å²) in [4.78, 5) is 42.2. The number of pyridine rings is 2. The molecule has 9 nitrogen and oxygen atoms in total. The van der Waals surface area contributed by atoms with Crippen LogP contribution in [0.4, 0.5) is 5.82 Å². The molecule has 4 aromatic rings. The zero-order valence-corrected chi connectivity index (χ0v) is 18.3. The largest absolute Gasteiger partial charge is 0.370 e. The van der Waals surface area contributed by atoms with E-state index in [0.29, 0.717) is 43.0 Å². The number of nitrogens with zero attached hydrogens (tertiary/aromatic N) is 5. The van der Waals surface area contributed by atoms with E-state index in [-0.39, 0.29) is 11.2 Å². The molecule has 0 radical (unpaired) electrons. The second-order valence-electron chi connectivity index (χ2n) is 7.60. The van der Waals surface area contributed by atoms with Gasteiger partial charge < -0.3 is 10.3 Å². The molecule has 2 N–H and O–H groups in total. The van der Waals surface area contributed by atoms with Crippen LogP contribution in [-0.2, 0) is 19.5 Å². The maximum absolute atomic E-state index is 12.9. The number of H-pyrrole nitrogens is 1. The first-order valence-electron chi connectivity index (χ1n) is 11.0. The van der Waals surface area contributed by atoms with Gasteiger partial charge in [-0.1, -0.05) is 19.9 Å². The van der Waals surface area contributed by atoms with Crippen LogP contribution in [-0.4, -0.2) is 35.6 Å². The third kappa shape index (κ3) is 4.32. The molecule has 0 atom stereocenters. The molecule has 4 heterocycles. The SMILES string of the molecule is CCCn1c(=O)c2[nH]c(-c3ccc(NCCc4ccccn4)nc3)nc2n(CCC)c1=O. The standard InChI is InChI=1S/C23H27N7O2/c1-3-13-29-21-19(22(31)30(14-4-2)23(29)32)27-20(28-21)16-8-9-18(26-15-16)25-12-10-17-7-5-6-11-24-17/h5-9,11,15H,3-4,10,12-14H2,1-2H3,(H,25,26)(H,27,28). The molecule has 0 saturated heterocycles. The Labute approximate surface area is 185 Å². The van der Waals surface area contributed by atoms with Gasteiger partial charge in [0.15, 0.2) is 5.65 Å². The summed E-state index contributed by atoms with van der Waals surface area (Å²) < 4.78 is 2.86. The van der Waals surface area contributed by atoms with Gasteiger partial charge in [0.1, 0.15) is 17.2 Å².